The van der Waals surface area contributed by atoms with Crippen LogP contribution in [0.2, 0.25) is 0 Å². The minimum absolute atomic E-state index is 0. The molecule has 1 aromatic carbocycles. The van der Waals surface area contributed by atoms with Gasteiger partial charge in [0.25, 0.3) is 5.91 Å². The quantitative estimate of drug-likeness (QED) is 0.685. The van der Waals surface area contributed by atoms with Gasteiger partial charge in [-0.1, -0.05) is 6.07 Å². The van der Waals surface area contributed by atoms with E-state index in [2.05, 4.69) is 10.6 Å². The van der Waals surface area contributed by atoms with Gasteiger partial charge in [0.1, 0.15) is 0 Å². The molecule has 5 nitrogen and oxygen atoms in total. The number of benzene rings is 1. The van der Waals surface area contributed by atoms with Gasteiger partial charge < -0.3 is 32.5 Å². The Morgan fingerprint density at radius 2 is 1.96 bits per heavy atom. The van der Waals surface area contributed by atoms with Gasteiger partial charge in [-0.05, 0) is 51.3 Å². The number of halogens is 1. The maximum Gasteiger partial charge on any atom is 0.258 e. The fraction of sp³-hybridized carbons (Fsp3) is 0.588. The van der Waals surface area contributed by atoms with E-state index in [0.29, 0.717) is 17.5 Å². The molecule has 0 aromatic heterocycles. The van der Waals surface area contributed by atoms with Crippen LogP contribution in [0.4, 0.5) is 0 Å². The van der Waals surface area contributed by atoms with Crippen molar-refractivity contribution in [2.75, 3.05) is 13.7 Å². The molecule has 1 amide bonds. The first-order chi connectivity index (χ1) is 10.4. The lowest BCUT2D eigenvalue weighted by Crippen LogP contribution is -3.00. The molecule has 0 saturated heterocycles. The summed E-state index contributed by atoms with van der Waals surface area (Å²) in [5.41, 5.74) is 0.887. The molecule has 0 spiro atoms. The number of hydrogen-bond acceptors (Lipinski definition) is 4. The average Bonchev–Trinajstić information content (AvgIpc) is 3.25. The lowest BCUT2D eigenvalue weighted by molar-refractivity contribution is -0.124. The van der Waals surface area contributed by atoms with Crippen molar-refractivity contribution >= 4 is 5.91 Å². The molecule has 2 rings (SSSR count). The van der Waals surface area contributed by atoms with Crippen LogP contribution in [0.3, 0.4) is 0 Å². The Morgan fingerprint density at radius 3 is 2.52 bits per heavy atom. The van der Waals surface area contributed by atoms with Crippen LogP contribution in [0.25, 0.3) is 0 Å². The molecule has 0 unspecified atom stereocenters. The molecule has 1 fully saturated rings. The monoisotopic (exact) mass is 341 g/mol. The highest BCUT2D eigenvalue weighted by Gasteiger charge is 2.20. The van der Waals surface area contributed by atoms with Crippen LogP contribution in [-0.2, 0) is 11.3 Å². The second-order valence-electron chi connectivity index (χ2n) is 6.73. The van der Waals surface area contributed by atoms with Crippen LogP contribution >= 0.6 is 0 Å². The molecule has 0 radical (unpaired) electrons. The normalized spacial score (nSPS) is 13.9. The third kappa shape index (κ3) is 7.10. The summed E-state index contributed by atoms with van der Waals surface area (Å²) in [5, 5.41) is 6.32. The molecule has 23 heavy (non-hydrogen) atoms. The smallest absolute Gasteiger partial charge is 0.258 e. The van der Waals surface area contributed by atoms with E-state index in [1.165, 1.54) is 12.8 Å². The van der Waals surface area contributed by atoms with E-state index in [9.17, 15) is 4.79 Å². The van der Waals surface area contributed by atoms with Crippen LogP contribution in [0.15, 0.2) is 18.2 Å². The number of hydrogen-bond donors (Lipinski definition) is 2. The second kappa shape index (κ2) is 8.41. The number of rotatable bonds is 7. The molecule has 0 bridgehead atoms. The van der Waals surface area contributed by atoms with Crippen LogP contribution in [0.5, 0.6) is 11.5 Å². The van der Waals surface area contributed by atoms with Gasteiger partial charge in [0.2, 0.25) is 0 Å². The van der Waals surface area contributed by atoms with Gasteiger partial charge in [0.15, 0.2) is 18.1 Å². The highest BCUT2D eigenvalue weighted by Crippen LogP contribution is 2.28. The van der Waals surface area contributed by atoms with Crippen LogP contribution in [0, 0.1) is 0 Å². The summed E-state index contributed by atoms with van der Waals surface area (Å²) in [4.78, 5) is 11.8. The Balaban J connectivity index is 0.00000264. The Bertz CT molecular complexity index is 525. The SMILES string of the molecule is COc1cc(CNC2CC2)ccc1OCC(=O)NC(C)(C)C.[Cl-]. The topological polar surface area (TPSA) is 59.6 Å². The van der Waals surface area contributed by atoms with E-state index in [4.69, 9.17) is 9.47 Å². The first kappa shape index (κ1) is 19.6. The third-order valence-electron chi connectivity index (χ3n) is 3.27. The van der Waals surface area contributed by atoms with E-state index >= 15 is 0 Å². The molecule has 1 aromatic rings. The van der Waals surface area contributed by atoms with Crippen LogP contribution < -0.4 is 32.5 Å². The van der Waals surface area contributed by atoms with Crippen molar-refractivity contribution in [2.24, 2.45) is 0 Å². The van der Waals surface area contributed by atoms with Crippen LogP contribution in [0.1, 0.15) is 39.2 Å². The maximum absolute atomic E-state index is 11.8. The van der Waals surface area contributed by atoms with Gasteiger partial charge in [-0.2, -0.15) is 0 Å². The summed E-state index contributed by atoms with van der Waals surface area (Å²) in [6.07, 6.45) is 2.53. The molecule has 2 N–H and O–H groups in total. The molecular formula is C17H26ClN2O3-. The van der Waals surface area contributed by atoms with Gasteiger partial charge in [-0.3, -0.25) is 4.79 Å². The maximum atomic E-state index is 11.8. The second-order valence-corrected chi connectivity index (χ2v) is 6.73. The van der Waals surface area contributed by atoms with Crippen molar-refractivity contribution in [2.45, 2.75) is 51.7 Å². The molecule has 130 valence electrons. The number of ether oxygens (including phenoxy) is 2. The van der Waals surface area contributed by atoms with Gasteiger partial charge in [0, 0.05) is 18.1 Å². The third-order valence-corrected chi connectivity index (χ3v) is 3.27. The molecule has 1 saturated carbocycles. The Kier molecular flexibility index (Phi) is 7.16. The molecule has 0 heterocycles. The largest absolute Gasteiger partial charge is 1.00 e. The fourth-order valence-electron chi connectivity index (χ4n) is 2.09. The Labute approximate surface area is 144 Å². The molecule has 1 aliphatic rings. The van der Waals surface area contributed by atoms with E-state index in [-0.39, 0.29) is 30.5 Å². The highest BCUT2D eigenvalue weighted by atomic mass is 35.5. The van der Waals surface area contributed by atoms with Crippen molar-refractivity contribution < 1.29 is 26.7 Å². The lowest BCUT2D eigenvalue weighted by Gasteiger charge is -2.20. The highest BCUT2D eigenvalue weighted by molar-refractivity contribution is 5.78. The first-order valence-electron chi connectivity index (χ1n) is 7.71. The lowest BCUT2D eigenvalue weighted by atomic mass is 10.1. The standard InChI is InChI=1S/C17H26N2O3.ClH/c1-17(2,3)19-16(20)11-22-14-8-5-12(9-15(14)21-4)10-18-13-6-7-13;/h5,8-9,13,18H,6-7,10-11H2,1-4H3,(H,19,20);1H/p-1. The summed E-state index contributed by atoms with van der Waals surface area (Å²) in [7, 11) is 1.61. The van der Waals surface area contributed by atoms with Crippen LogP contribution in [-0.4, -0.2) is 31.2 Å². The van der Waals surface area contributed by atoms with Crippen molar-refractivity contribution in [1.82, 2.24) is 10.6 Å². The predicted molar refractivity (Wildman–Crippen MR) is 86.2 cm³/mol. The van der Waals surface area contributed by atoms with Crippen molar-refractivity contribution in [1.29, 1.82) is 0 Å². The van der Waals surface area contributed by atoms with Gasteiger partial charge >= 0.3 is 0 Å². The molecule has 1 aliphatic carbocycles. The molecule has 0 aliphatic heterocycles. The number of methoxy groups -OCH3 is 1. The van der Waals surface area contributed by atoms with Crippen molar-refractivity contribution in [3.05, 3.63) is 23.8 Å². The summed E-state index contributed by atoms with van der Waals surface area (Å²) in [6, 6.07) is 6.47. The van der Waals surface area contributed by atoms with E-state index in [1.807, 2.05) is 39.0 Å². The summed E-state index contributed by atoms with van der Waals surface area (Å²) >= 11 is 0. The zero-order valence-electron chi connectivity index (χ0n) is 14.2. The minimum Gasteiger partial charge on any atom is -1.00 e. The minimum atomic E-state index is -0.261. The number of carbonyl (C=O) groups excluding carboxylic acids is 1. The molecule has 0 atom stereocenters. The zero-order chi connectivity index (χ0) is 16.2. The van der Waals surface area contributed by atoms with E-state index in [1.54, 1.807) is 7.11 Å². The summed E-state index contributed by atoms with van der Waals surface area (Å²) in [5.74, 6) is 1.09. The van der Waals surface area contributed by atoms with Gasteiger partial charge in [-0.15, -0.1) is 0 Å². The van der Waals surface area contributed by atoms with Gasteiger partial charge in [-0.25, -0.2) is 0 Å². The van der Waals surface area contributed by atoms with Crippen molar-refractivity contribution in [3.8, 4) is 11.5 Å². The zero-order valence-corrected chi connectivity index (χ0v) is 15.0. The summed E-state index contributed by atoms with van der Waals surface area (Å²) < 4.78 is 10.9. The summed E-state index contributed by atoms with van der Waals surface area (Å²) in [6.45, 7) is 6.62. The fourth-order valence-corrected chi connectivity index (χ4v) is 2.09. The average molecular weight is 342 g/mol. The predicted octanol–water partition coefficient (Wildman–Crippen LogP) is -0.755. The van der Waals surface area contributed by atoms with E-state index in [0.717, 1.165) is 12.1 Å². The van der Waals surface area contributed by atoms with Gasteiger partial charge in [0.05, 0.1) is 7.11 Å². The Morgan fingerprint density at radius 1 is 1.26 bits per heavy atom. The number of nitrogens with one attached hydrogen (secondary N) is 2. The van der Waals surface area contributed by atoms with E-state index < -0.39 is 0 Å². The molecule has 6 heteroatoms. The first-order valence-corrected chi connectivity index (χ1v) is 7.71. The van der Waals surface area contributed by atoms with Crippen molar-refractivity contribution in [3.63, 3.8) is 0 Å². The molecular weight excluding hydrogens is 316 g/mol. The number of amides is 1. The number of carbonyl (C=O) groups is 1. The Hall–Kier alpha value is -1.46.